The van der Waals surface area contributed by atoms with Gasteiger partial charge in [0.25, 0.3) is 5.91 Å². The van der Waals surface area contributed by atoms with Crippen LogP contribution in [0.4, 0.5) is 10.1 Å². The summed E-state index contributed by atoms with van der Waals surface area (Å²) in [5.74, 6) is -3.44. The molecule has 1 aromatic carbocycles. The predicted molar refractivity (Wildman–Crippen MR) is 92.2 cm³/mol. The fraction of sp³-hybridized carbons (Fsp3) is 0.294. The molecule has 0 aromatic heterocycles. The third-order valence-corrected chi connectivity index (χ3v) is 4.58. The number of nitrogens with one attached hydrogen (secondary N) is 2. The van der Waals surface area contributed by atoms with Gasteiger partial charge < -0.3 is 20.3 Å². The Balaban J connectivity index is 1.92. The van der Waals surface area contributed by atoms with Crippen LogP contribution in [0, 0.1) is 5.82 Å². The third-order valence-electron chi connectivity index (χ3n) is 4.29. The maximum atomic E-state index is 13.3. The van der Waals surface area contributed by atoms with Crippen molar-refractivity contribution in [2.45, 2.75) is 12.5 Å². The van der Waals surface area contributed by atoms with E-state index in [0.29, 0.717) is 0 Å². The highest BCUT2D eigenvalue weighted by molar-refractivity contribution is 6.31. The van der Waals surface area contributed by atoms with Crippen LogP contribution in [0.25, 0.3) is 0 Å². The van der Waals surface area contributed by atoms with Gasteiger partial charge in [-0.05, 0) is 18.2 Å². The van der Waals surface area contributed by atoms with Crippen LogP contribution >= 0.6 is 11.6 Å². The fourth-order valence-corrected chi connectivity index (χ4v) is 3.23. The molecule has 2 amide bonds. The van der Waals surface area contributed by atoms with Crippen LogP contribution in [0.5, 0.6) is 0 Å². The molecule has 1 atom stereocenters. The lowest BCUT2D eigenvalue weighted by Gasteiger charge is -2.40. The molecular formula is C17H15ClFN3O5. The first kappa shape index (κ1) is 18.8. The number of ether oxygens (including phenoxy) is 1. The summed E-state index contributed by atoms with van der Waals surface area (Å²) in [4.78, 5) is 50.8. The van der Waals surface area contributed by atoms with Gasteiger partial charge in [0.05, 0.1) is 12.1 Å². The Hall–Kier alpha value is -2.94. The van der Waals surface area contributed by atoms with Gasteiger partial charge in [0, 0.05) is 25.2 Å². The average molecular weight is 396 g/mol. The molecule has 3 rings (SSSR count). The van der Waals surface area contributed by atoms with Gasteiger partial charge in [-0.3, -0.25) is 14.4 Å². The van der Waals surface area contributed by atoms with Crippen LogP contribution in [0.3, 0.4) is 0 Å². The zero-order valence-electron chi connectivity index (χ0n) is 14.2. The number of esters is 1. The van der Waals surface area contributed by atoms with Crippen LogP contribution < -0.4 is 10.6 Å². The van der Waals surface area contributed by atoms with Crippen LogP contribution in [0.15, 0.2) is 29.5 Å². The van der Waals surface area contributed by atoms with Gasteiger partial charge in [-0.25, -0.2) is 9.18 Å². The molecule has 142 valence electrons. The molecule has 2 heterocycles. The Morgan fingerprint density at radius 2 is 2.11 bits per heavy atom. The van der Waals surface area contributed by atoms with Crippen molar-refractivity contribution in [3.63, 3.8) is 0 Å². The van der Waals surface area contributed by atoms with Crippen molar-refractivity contribution >= 4 is 40.9 Å². The number of hydrogen-bond donors (Lipinski definition) is 2. The number of rotatable bonds is 3. The number of hydrogen-bond acceptors (Lipinski definition) is 6. The molecular weight excluding hydrogens is 381 g/mol. The number of amides is 2. The van der Waals surface area contributed by atoms with E-state index < -0.39 is 35.4 Å². The molecule has 0 aliphatic carbocycles. The highest BCUT2D eigenvalue weighted by atomic mass is 35.5. The van der Waals surface area contributed by atoms with E-state index in [0.717, 1.165) is 13.2 Å². The van der Waals surface area contributed by atoms with Crippen molar-refractivity contribution < 1.29 is 28.3 Å². The summed E-state index contributed by atoms with van der Waals surface area (Å²) in [6.45, 7) is 0.480. The highest BCUT2D eigenvalue weighted by Gasteiger charge is 2.44. The predicted octanol–water partition coefficient (Wildman–Crippen LogP) is 0.618. The van der Waals surface area contributed by atoms with Crippen LogP contribution in [-0.2, 0) is 23.9 Å². The molecule has 2 aliphatic rings. The molecule has 1 fully saturated rings. The maximum Gasteiger partial charge on any atom is 0.343 e. The first-order chi connectivity index (χ1) is 12.8. The number of ketones is 1. The van der Waals surface area contributed by atoms with Gasteiger partial charge in [-0.1, -0.05) is 11.6 Å². The molecule has 27 heavy (non-hydrogen) atoms. The van der Waals surface area contributed by atoms with Gasteiger partial charge in [-0.2, -0.15) is 0 Å². The number of Topliss-reactive ketones (excluding diaryl/α,β-unsaturated/α-hetero) is 1. The van der Waals surface area contributed by atoms with E-state index in [1.165, 1.54) is 17.0 Å². The molecule has 1 saturated heterocycles. The summed E-state index contributed by atoms with van der Waals surface area (Å²) in [5, 5.41) is 4.93. The molecule has 0 radical (unpaired) electrons. The minimum atomic E-state index is -1.00. The van der Waals surface area contributed by atoms with Crippen molar-refractivity contribution in [3.8, 4) is 0 Å². The number of methoxy groups -OCH3 is 1. The Morgan fingerprint density at radius 1 is 1.37 bits per heavy atom. The lowest BCUT2D eigenvalue weighted by molar-refractivity contribution is -0.141. The monoisotopic (exact) mass is 395 g/mol. The molecule has 0 spiro atoms. The van der Waals surface area contributed by atoms with Crippen molar-refractivity contribution in [2.75, 3.05) is 25.5 Å². The molecule has 1 unspecified atom stereocenters. The topological polar surface area (TPSA) is 105 Å². The highest BCUT2D eigenvalue weighted by Crippen LogP contribution is 2.28. The van der Waals surface area contributed by atoms with E-state index in [-0.39, 0.29) is 41.5 Å². The summed E-state index contributed by atoms with van der Waals surface area (Å²) in [5.41, 5.74) is -0.310. The molecule has 1 aromatic rings. The number of carbonyl (C=O) groups excluding carboxylic acids is 4. The van der Waals surface area contributed by atoms with Gasteiger partial charge >= 0.3 is 5.97 Å². The van der Waals surface area contributed by atoms with E-state index >= 15 is 0 Å². The van der Waals surface area contributed by atoms with E-state index in [9.17, 15) is 23.6 Å². The Morgan fingerprint density at radius 3 is 2.78 bits per heavy atom. The average Bonchev–Trinajstić information content (AvgIpc) is 2.64. The maximum absolute atomic E-state index is 13.3. The summed E-state index contributed by atoms with van der Waals surface area (Å²) < 4.78 is 17.9. The Labute approximate surface area is 158 Å². The quantitative estimate of drug-likeness (QED) is 0.574. The van der Waals surface area contributed by atoms with Gasteiger partial charge in [-0.15, -0.1) is 0 Å². The summed E-state index contributed by atoms with van der Waals surface area (Å²) in [7, 11) is 1.10. The van der Waals surface area contributed by atoms with E-state index in [1.54, 1.807) is 0 Å². The number of carbonyl (C=O) groups is 4. The summed E-state index contributed by atoms with van der Waals surface area (Å²) in [6.07, 6.45) is -0.304. The van der Waals surface area contributed by atoms with Crippen molar-refractivity contribution in [3.05, 3.63) is 40.3 Å². The zero-order valence-corrected chi connectivity index (χ0v) is 14.9. The largest absolute Gasteiger partial charge is 0.465 e. The third kappa shape index (κ3) is 3.50. The lowest BCUT2D eigenvalue weighted by atomic mass is 9.92. The van der Waals surface area contributed by atoms with Crippen LogP contribution in [-0.4, -0.2) is 54.7 Å². The molecule has 2 N–H and O–H groups in total. The summed E-state index contributed by atoms with van der Waals surface area (Å²) in [6, 6.07) is 2.65. The number of benzene rings is 1. The zero-order chi connectivity index (χ0) is 19.7. The van der Waals surface area contributed by atoms with Crippen molar-refractivity contribution in [1.82, 2.24) is 10.2 Å². The first-order valence-electron chi connectivity index (χ1n) is 8.00. The van der Waals surface area contributed by atoms with Crippen molar-refractivity contribution in [2.24, 2.45) is 0 Å². The van der Waals surface area contributed by atoms with Gasteiger partial charge in [0.15, 0.2) is 5.78 Å². The minimum absolute atomic E-state index is 0.168. The summed E-state index contributed by atoms with van der Waals surface area (Å²) >= 11 is 5.70. The van der Waals surface area contributed by atoms with E-state index in [2.05, 4.69) is 15.4 Å². The number of anilines is 1. The Kier molecular flexibility index (Phi) is 5.13. The Bertz CT molecular complexity index is 885. The molecule has 2 aliphatic heterocycles. The van der Waals surface area contributed by atoms with Crippen LogP contribution in [0.1, 0.15) is 6.42 Å². The van der Waals surface area contributed by atoms with E-state index in [1.807, 2.05) is 0 Å². The molecule has 0 bridgehead atoms. The van der Waals surface area contributed by atoms with Gasteiger partial charge in [0.2, 0.25) is 5.91 Å². The lowest BCUT2D eigenvalue weighted by Crippen LogP contribution is -2.57. The second kappa shape index (κ2) is 7.36. The van der Waals surface area contributed by atoms with Crippen LogP contribution in [0.2, 0.25) is 5.02 Å². The second-order valence-electron chi connectivity index (χ2n) is 5.93. The number of nitrogens with zero attached hydrogens (tertiary/aromatic N) is 1. The van der Waals surface area contributed by atoms with E-state index in [4.69, 9.17) is 11.6 Å². The number of fused-ring (bicyclic) bond motifs is 1. The minimum Gasteiger partial charge on any atom is -0.465 e. The molecule has 8 nitrogen and oxygen atoms in total. The number of piperazine rings is 1. The smallest absolute Gasteiger partial charge is 0.343 e. The number of halogens is 2. The molecule has 0 saturated carbocycles. The standard InChI is InChI=1S/C17H15ClFN3O5/c1-27-17(26)13-12(23)7-11(22-5-4-20-16(25)14(13)22)15(24)21-8-2-3-10(19)9(18)6-8/h2-3,6,11H,4-5,7H2,1H3,(H,20,25)(H,21,24). The normalized spacial score (nSPS) is 19.4. The van der Waals surface area contributed by atoms with Gasteiger partial charge in [0.1, 0.15) is 23.1 Å². The first-order valence-corrected chi connectivity index (χ1v) is 8.37. The van der Waals surface area contributed by atoms with Crippen molar-refractivity contribution in [1.29, 1.82) is 0 Å². The second-order valence-corrected chi connectivity index (χ2v) is 6.33. The molecule has 10 heteroatoms. The fourth-order valence-electron chi connectivity index (χ4n) is 3.05. The SMILES string of the molecule is COC(=O)C1=C2C(=O)NCCN2C(C(=O)Nc2ccc(F)c(Cl)c2)CC1=O.